The molecule has 0 aliphatic carbocycles. The average Bonchev–Trinajstić information content (AvgIpc) is 2.84. The highest BCUT2D eigenvalue weighted by atomic mass is 16.5. The molecule has 170 valence electrons. The van der Waals surface area contributed by atoms with Gasteiger partial charge in [0.05, 0.1) is 25.9 Å². The molecule has 0 radical (unpaired) electrons. The number of ether oxygens (including phenoxy) is 2. The normalized spacial score (nSPS) is 10.7. The highest BCUT2D eigenvalue weighted by Crippen LogP contribution is 2.27. The summed E-state index contributed by atoms with van der Waals surface area (Å²) in [6.45, 7) is 5.18. The van der Waals surface area contributed by atoms with Gasteiger partial charge >= 0.3 is 0 Å². The van der Waals surface area contributed by atoms with Gasteiger partial charge in [0, 0.05) is 19.2 Å². The van der Waals surface area contributed by atoms with Crippen molar-refractivity contribution in [2.75, 3.05) is 40.4 Å². The third-order valence-corrected chi connectivity index (χ3v) is 5.20. The van der Waals surface area contributed by atoms with Crippen molar-refractivity contribution in [2.45, 2.75) is 26.2 Å². The number of amides is 1. The van der Waals surface area contributed by atoms with Gasteiger partial charge in [-0.2, -0.15) is 5.26 Å². The van der Waals surface area contributed by atoms with Crippen molar-refractivity contribution in [2.24, 2.45) is 0 Å². The first-order valence-electron chi connectivity index (χ1n) is 11.0. The zero-order chi connectivity index (χ0) is 23.2. The Morgan fingerprint density at radius 1 is 1.06 bits per heavy atom. The second-order valence-corrected chi connectivity index (χ2v) is 7.38. The Hall–Kier alpha value is -3.30. The van der Waals surface area contributed by atoms with Crippen LogP contribution in [0.3, 0.4) is 0 Å². The quantitative estimate of drug-likeness (QED) is 0.380. The predicted molar refractivity (Wildman–Crippen MR) is 128 cm³/mol. The van der Waals surface area contributed by atoms with Crippen LogP contribution in [0.2, 0.25) is 0 Å². The van der Waals surface area contributed by atoms with E-state index in [9.17, 15) is 4.79 Å². The molecule has 2 aromatic carbocycles. The summed E-state index contributed by atoms with van der Waals surface area (Å²) in [5.74, 6) is 1.51. The molecule has 0 fully saturated rings. The molecule has 6 nitrogen and oxygen atoms in total. The second kappa shape index (κ2) is 13.9. The summed E-state index contributed by atoms with van der Waals surface area (Å²) < 4.78 is 10.6. The van der Waals surface area contributed by atoms with E-state index in [1.165, 1.54) is 5.56 Å². The third kappa shape index (κ3) is 8.09. The Bertz CT molecular complexity index is 917. The summed E-state index contributed by atoms with van der Waals surface area (Å²) in [6, 6.07) is 15.3. The van der Waals surface area contributed by atoms with Crippen LogP contribution in [0.15, 0.2) is 48.5 Å². The first kappa shape index (κ1) is 25.0. The fraction of sp³-hybridized carbons (Fsp3) is 0.385. The highest BCUT2D eigenvalue weighted by molar-refractivity contribution is 5.91. The number of hydrogen-bond acceptors (Lipinski definition) is 5. The lowest BCUT2D eigenvalue weighted by Crippen LogP contribution is -2.32. The fourth-order valence-corrected chi connectivity index (χ4v) is 3.34. The first-order chi connectivity index (χ1) is 15.6. The SMILES string of the molecule is CCN(CCCNCCCc1ccc(OC)c(OC)c1)C(=O)/C=C/c1ccc(C#N)cc1. The van der Waals surface area contributed by atoms with Crippen molar-refractivity contribution < 1.29 is 14.3 Å². The Balaban J connectivity index is 1.65. The van der Waals surface area contributed by atoms with Crippen LogP contribution >= 0.6 is 0 Å². The summed E-state index contributed by atoms with van der Waals surface area (Å²) in [6.07, 6.45) is 6.28. The summed E-state index contributed by atoms with van der Waals surface area (Å²) in [7, 11) is 3.29. The molecule has 0 saturated heterocycles. The molecule has 0 unspecified atom stereocenters. The molecule has 0 atom stereocenters. The Morgan fingerprint density at radius 2 is 1.78 bits per heavy atom. The molecule has 0 aromatic heterocycles. The number of hydrogen-bond donors (Lipinski definition) is 1. The van der Waals surface area contributed by atoms with E-state index in [0.29, 0.717) is 12.1 Å². The number of methoxy groups -OCH3 is 2. The van der Waals surface area contributed by atoms with Crippen LogP contribution in [0, 0.1) is 11.3 Å². The molecule has 0 bridgehead atoms. The lowest BCUT2D eigenvalue weighted by molar-refractivity contribution is -0.125. The van der Waals surface area contributed by atoms with Crippen LogP contribution in [0.25, 0.3) is 6.08 Å². The summed E-state index contributed by atoms with van der Waals surface area (Å²) in [4.78, 5) is 14.3. The van der Waals surface area contributed by atoms with E-state index in [2.05, 4.69) is 17.5 Å². The molecule has 0 saturated carbocycles. The molecule has 32 heavy (non-hydrogen) atoms. The molecular weight excluding hydrogens is 402 g/mol. The lowest BCUT2D eigenvalue weighted by atomic mass is 10.1. The smallest absolute Gasteiger partial charge is 0.246 e. The van der Waals surface area contributed by atoms with Crippen LogP contribution in [0.1, 0.15) is 36.5 Å². The van der Waals surface area contributed by atoms with Crippen LogP contribution in [-0.2, 0) is 11.2 Å². The van der Waals surface area contributed by atoms with Crippen molar-refractivity contribution >= 4 is 12.0 Å². The largest absolute Gasteiger partial charge is 0.493 e. The van der Waals surface area contributed by atoms with Crippen LogP contribution in [0.4, 0.5) is 0 Å². The van der Waals surface area contributed by atoms with Gasteiger partial charge in [0.1, 0.15) is 0 Å². The van der Waals surface area contributed by atoms with Crippen LogP contribution < -0.4 is 14.8 Å². The van der Waals surface area contributed by atoms with Crippen molar-refractivity contribution in [3.63, 3.8) is 0 Å². The van der Waals surface area contributed by atoms with Gasteiger partial charge in [0.25, 0.3) is 0 Å². The summed E-state index contributed by atoms with van der Waals surface area (Å²) in [5, 5.41) is 12.3. The molecule has 1 amide bonds. The lowest BCUT2D eigenvalue weighted by Gasteiger charge is -2.19. The van der Waals surface area contributed by atoms with E-state index in [1.807, 2.05) is 36.1 Å². The van der Waals surface area contributed by atoms with Crippen LogP contribution in [-0.4, -0.2) is 51.2 Å². The minimum absolute atomic E-state index is 0.00492. The summed E-state index contributed by atoms with van der Waals surface area (Å²) in [5.41, 5.74) is 2.74. The molecule has 6 heteroatoms. The molecular formula is C26H33N3O3. The maximum Gasteiger partial charge on any atom is 0.246 e. The van der Waals surface area contributed by atoms with Gasteiger partial charge in [-0.3, -0.25) is 4.79 Å². The number of carbonyl (C=O) groups excluding carboxylic acids is 1. The second-order valence-electron chi connectivity index (χ2n) is 7.38. The van der Waals surface area contributed by atoms with E-state index >= 15 is 0 Å². The van der Waals surface area contributed by atoms with Crippen molar-refractivity contribution in [1.29, 1.82) is 5.26 Å². The van der Waals surface area contributed by atoms with Gasteiger partial charge in [-0.05, 0) is 80.7 Å². The standard InChI is InChI=1S/C26H33N3O3/c1-4-29(26(30)15-13-21-8-10-23(20-27)11-9-21)18-6-17-28-16-5-7-22-12-14-24(31-2)25(19-22)32-3/h8-15,19,28H,4-7,16-18H2,1-3H3/b15-13+. The van der Waals surface area contributed by atoms with Gasteiger partial charge in [-0.25, -0.2) is 0 Å². The monoisotopic (exact) mass is 435 g/mol. The topological polar surface area (TPSA) is 74.6 Å². The van der Waals surface area contributed by atoms with E-state index in [-0.39, 0.29) is 5.91 Å². The average molecular weight is 436 g/mol. The molecule has 0 aliphatic rings. The van der Waals surface area contributed by atoms with E-state index in [1.54, 1.807) is 38.5 Å². The van der Waals surface area contributed by atoms with Crippen molar-refractivity contribution in [1.82, 2.24) is 10.2 Å². The molecule has 0 heterocycles. The van der Waals surface area contributed by atoms with Gasteiger partial charge in [-0.15, -0.1) is 0 Å². The highest BCUT2D eigenvalue weighted by Gasteiger charge is 2.08. The maximum absolute atomic E-state index is 12.4. The molecule has 1 N–H and O–H groups in total. The van der Waals surface area contributed by atoms with Crippen molar-refractivity contribution in [3.05, 3.63) is 65.2 Å². The number of benzene rings is 2. The Labute approximate surface area is 191 Å². The number of aryl methyl sites for hydroxylation is 1. The van der Waals surface area contributed by atoms with Gasteiger partial charge in [0.15, 0.2) is 11.5 Å². The Kier molecular flexibility index (Phi) is 10.8. The van der Waals surface area contributed by atoms with E-state index in [4.69, 9.17) is 14.7 Å². The maximum atomic E-state index is 12.4. The summed E-state index contributed by atoms with van der Waals surface area (Å²) >= 11 is 0. The minimum atomic E-state index is 0.00492. The number of nitrogens with zero attached hydrogens (tertiary/aromatic N) is 2. The van der Waals surface area contributed by atoms with Crippen molar-refractivity contribution in [3.8, 4) is 17.6 Å². The zero-order valence-electron chi connectivity index (χ0n) is 19.3. The predicted octanol–water partition coefficient (Wildman–Crippen LogP) is 4.05. The van der Waals surface area contributed by atoms with Gasteiger partial charge < -0.3 is 19.7 Å². The number of rotatable bonds is 13. The minimum Gasteiger partial charge on any atom is -0.493 e. The number of nitriles is 1. The number of likely N-dealkylation sites (N-methyl/N-ethyl adjacent to an activating group) is 1. The molecule has 0 aliphatic heterocycles. The Morgan fingerprint density at radius 3 is 2.44 bits per heavy atom. The molecule has 0 spiro atoms. The van der Waals surface area contributed by atoms with Gasteiger partial charge in [0.2, 0.25) is 5.91 Å². The zero-order valence-corrected chi connectivity index (χ0v) is 19.3. The fourth-order valence-electron chi connectivity index (χ4n) is 3.34. The molecule has 2 rings (SSSR count). The number of nitrogens with one attached hydrogen (secondary N) is 1. The van der Waals surface area contributed by atoms with Gasteiger partial charge in [-0.1, -0.05) is 18.2 Å². The first-order valence-corrected chi connectivity index (χ1v) is 11.0. The van der Waals surface area contributed by atoms with Crippen LogP contribution in [0.5, 0.6) is 11.5 Å². The van der Waals surface area contributed by atoms with E-state index in [0.717, 1.165) is 56.0 Å². The van der Waals surface area contributed by atoms with E-state index < -0.39 is 0 Å². The molecule has 2 aromatic rings. The number of carbonyl (C=O) groups is 1. The third-order valence-electron chi connectivity index (χ3n) is 5.20.